The molecule has 2 N–H and O–H groups in total. The number of halogens is 3. The van der Waals surface area contributed by atoms with E-state index in [0.29, 0.717) is 43.9 Å². The van der Waals surface area contributed by atoms with E-state index in [2.05, 4.69) is 35.1 Å². The average molecular weight is 541 g/mol. The molecule has 1 aromatic carbocycles. The van der Waals surface area contributed by atoms with Gasteiger partial charge in [0, 0.05) is 50.6 Å². The third kappa shape index (κ3) is 6.79. The number of alkyl halides is 3. The van der Waals surface area contributed by atoms with Crippen molar-refractivity contribution in [2.24, 2.45) is 0 Å². The van der Waals surface area contributed by atoms with Crippen molar-refractivity contribution < 1.29 is 22.7 Å². The summed E-state index contributed by atoms with van der Waals surface area (Å²) in [5.74, 6) is 0.768. The number of hydrogen-bond acceptors (Lipinski definition) is 8. The third-order valence-corrected chi connectivity index (χ3v) is 6.27. The van der Waals surface area contributed by atoms with Crippen LogP contribution in [0.1, 0.15) is 18.9 Å². The molecule has 4 aromatic rings. The maximum Gasteiger partial charge on any atom is 0.397 e. The molecular weight excluding hydrogens is 513 g/mol. The second-order valence-electron chi connectivity index (χ2n) is 9.12. The highest BCUT2D eigenvalue weighted by atomic mass is 19.4. The molecular formula is C26H27F3N8O2. The van der Waals surface area contributed by atoms with Crippen molar-refractivity contribution in [3.05, 3.63) is 54.5 Å². The zero-order valence-corrected chi connectivity index (χ0v) is 21.2. The number of carbonyl (C=O) groups excluding carboxylic acids is 1. The second kappa shape index (κ2) is 11.2. The van der Waals surface area contributed by atoms with Crippen LogP contribution >= 0.6 is 0 Å². The fourth-order valence-corrected chi connectivity index (χ4v) is 4.41. The van der Waals surface area contributed by atoms with E-state index in [1.165, 1.54) is 11.2 Å². The zero-order chi connectivity index (χ0) is 27.4. The first kappa shape index (κ1) is 26.4. The number of benzene rings is 1. The van der Waals surface area contributed by atoms with Crippen molar-refractivity contribution in [1.29, 1.82) is 0 Å². The van der Waals surface area contributed by atoms with Crippen LogP contribution in [0, 0.1) is 0 Å². The molecule has 1 saturated heterocycles. The lowest BCUT2D eigenvalue weighted by Gasteiger charge is -2.35. The largest absolute Gasteiger partial charge is 0.478 e. The molecule has 0 atom stereocenters. The van der Waals surface area contributed by atoms with Crippen molar-refractivity contribution in [2.75, 3.05) is 38.1 Å². The standard InChI is InChI=1S/C26H27F3N8O2/c1-2-39-23-13-20(31-16-32-23)18-3-4-19-21(12-18)34-25(33-19)35-22-11-17(5-6-30-22)15-36-7-9-37(10-8-36)24(38)14-26(27,28)29/h3-6,11-13,16H,2,7-10,14-15H2,1H3,(H2,30,33,34,35). The number of fused-ring (bicyclic) bond motifs is 1. The van der Waals surface area contributed by atoms with Gasteiger partial charge >= 0.3 is 6.18 Å². The first-order valence-corrected chi connectivity index (χ1v) is 12.5. The number of amides is 1. The van der Waals surface area contributed by atoms with Crippen LogP contribution in [0.4, 0.5) is 24.9 Å². The SMILES string of the molecule is CCOc1cc(-c2ccc3nc(Nc4cc(CN5CCN(C(=O)CC(F)(F)F)CC5)ccn4)[nH]c3c2)ncn1. The number of pyridine rings is 1. The van der Waals surface area contributed by atoms with E-state index in [1.807, 2.05) is 37.3 Å². The molecule has 0 unspecified atom stereocenters. The van der Waals surface area contributed by atoms with E-state index < -0.39 is 18.5 Å². The quantitative estimate of drug-likeness (QED) is 0.343. The van der Waals surface area contributed by atoms with Crippen LogP contribution in [0.3, 0.4) is 0 Å². The highest BCUT2D eigenvalue weighted by Crippen LogP contribution is 2.26. The number of aromatic amines is 1. The van der Waals surface area contributed by atoms with Crippen molar-refractivity contribution in [1.82, 2.24) is 34.7 Å². The number of carbonyl (C=O) groups is 1. The highest BCUT2D eigenvalue weighted by Gasteiger charge is 2.34. The summed E-state index contributed by atoms with van der Waals surface area (Å²) in [6, 6.07) is 11.4. The molecule has 1 aliphatic heterocycles. The lowest BCUT2D eigenvalue weighted by atomic mass is 10.1. The van der Waals surface area contributed by atoms with Crippen LogP contribution < -0.4 is 10.1 Å². The van der Waals surface area contributed by atoms with Crippen LogP contribution in [-0.4, -0.2) is 79.6 Å². The Bertz CT molecular complexity index is 1450. The molecule has 4 heterocycles. The summed E-state index contributed by atoms with van der Waals surface area (Å²) in [5.41, 5.74) is 4.20. The van der Waals surface area contributed by atoms with Crippen LogP contribution in [0.2, 0.25) is 0 Å². The highest BCUT2D eigenvalue weighted by molar-refractivity contribution is 5.83. The van der Waals surface area contributed by atoms with Gasteiger partial charge in [0.05, 0.1) is 23.3 Å². The van der Waals surface area contributed by atoms with Crippen LogP contribution in [0.25, 0.3) is 22.3 Å². The van der Waals surface area contributed by atoms with E-state index >= 15 is 0 Å². The first-order valence-electron chi connectivity index (χ1n) is 12.5. The number of piperazine rings is 1. The van der Waals surface area contributed by atoms with E-state index in [1.54, 1.807) is 12.3 Å². The van der Waals surface area contributed by atoms with Crippen molar-refractivity contribution in [3.63, 3.8) is 0 Å². The van der Waals surface area contributed by atoms with Gasteiger partial charge in [0.25, 0.3) is 0 Å². The Hall–Kier alpha value is -4.26. The van der Waals surface area contributed by atoms with Crippen LogP contribution in [0.15, 0.2) is 48.9 Å². The molecule has 1 amide bonds. The normalized spacial score (nSPS) is 14.5. The summed E-state index contributed by atoms with van der Waals surface area (Å²) in [4.78, 5) is 35.9. The van der Waals surface area contributed by atoms with E-state index in [-0.39, 0.29) is 13.1 Å². The summed E-state index contributed by atoms with van der Waals surface area (Å²) in [6.07, 6.45) is -2.74. The maximum atomic E-state index is 12.5. The number of hydrogen-bond donors (Lipinski definition) is 2. The van der Waals surface area contributed by atoms with Crippen molar-refractivity contribution in [3.8, 4) is 17.1 Å². The number of imidazole rings is 1. The predicted octanol–water partition coefficient (Wildman–Crippen LogP) is 4.15. The fourth-order valence-electron chi connectivity index (χ4n) is 4.41. The minimum absolute atomic E-state index is 0.272. The third-order valence-electron chi connectivity index (χ3n) is 6.27. The molecule has 39 heavy (non-hydrogen) atoms. The maximum absolute atomic E-state index is 12.5. The van der Waals surface area contributed by atoms with E-state index in [4.69, 9.17) is 4.74 Å². The van der Waals surface area contributed by atoms with Gasteiger partial charge in [-0.3, -0.25) is 9.69 Å². The number of H-pyrrole nitrogens is 1. The Morgan fingerprint density at radius 3 is 2.67 bits per heavy atom. The lowest BCUT2D eigenvalue weighted by Crippen LogP contribution is -2.49. The Labute approximate surface area is 222 Å². The first-order chi connectivity index (χ1) is 18.8. The number of aromatic nitrogens is 5. The second-order valence-corrected chi connectivity index (χ2v) is 9.12. The van der Waals surface area contributed by atoms with Gasteiger partial charge in [0.2, 0.25) is 17.7 Å². The number of anilines is 2. The Morgan fingerprint density at radius 1 is 1.08 bits per heavy atom. The smallest absolute Gasteiger partial charge is 0.397 e. The number of ether oxygens (including phenoxy) is 1. The molecule has 5 rings (SSSR count). The monoisotopic (exact) mass is 540 g/mol. The van der Waals surface area contributed by atoms with Crippen LogP contribution in [0.5, 0.6) is 5.88 Å². The molecule has 3 aromatic heterocycles. The fraction of sp³-hybridized carbons (Fsp3) is 0.346. The van der Waals surface area contributed by atoms with Crippen molar-refractivity contribution >= 4 is 28.7 Å². The minimum Gasteiger partial charge on any atom is -0.478 e. The molecule has 1 fully saturated rings. The molecule has 0 radical (unpaired) electrons. The van der Waals surface area contributed by atoms with E-state index in [0.717, 1.165) is 27.9 Å². The van der Waals surface area contributed by atoms with Gasteiger partial charge < -0.3 is 19.9 Å². The Morgan fingerprint density at radius 2 is 1.90 bits per heavy atom. The van der Waals surface area contributed by atoms with Gasteiger partial charge in [-0.1, -0.05) is 6.07 Å². The Balaban J connectivity index is 1.21. The molecule has 13 heteroatoms. The molecule has 0 bridgehead atoms. The summed E-state index contributed by atoms with van der Waals surface area (Å²) in [7, 11) is 0. The number of nitrogens with one attached hydrogen (secondary N) is 2. The van der Waals surface area contributed by atoms with Crippen LogP contribution in [-0.2, 0) is 11.3 Å². The molecule has 204 valence electrons. The van der Waals surface area contributed by atoms with Gasteiger partial charge in [0.1, 0.15) is 18.6 Å². The van der Waals surface area contributed by atoms with Gasteiger partial charge in [-0.25, -0.2) is 19.9 Å². The molecule has 10 nitrogen and oxygen atoms in total. The number of rotatable bonds is 8. The summed E-state index contributed by atoms with van der Waals surface area (Å²) in [6.45, 7) is 4.54. The van der Waals surface area contributed by atoms with Gasteiger partial charge in [-0.2, -0.15) is 13.2 Å². The number of nitrogens with zero attached hydrogens (tertiary/aromatic N) is 6. The predicted molar refractivity (Wildman–Crippen MR) is 138 cm³/mol. The Kier molecular flexibility index (Phi) is 7.59. The summed E-state index contributed by atoms with van der Waals surface area (Å²) >= 11 is 0. The molecule has 0 saturated carbocycles. The summed E-state index contributed by atoms with van der Waals surface area (Å²) < 4.78 is 43.0. The van der Waals surface area contributed by atoms with Crippen molar-refractivity contribution in [2.45, 2.75) is 26.1 Å². The van der Waals surface area contributed by atoms with Gasteiger partial charge in [-0.05, 0) is 36.8 Å². The molecule has 1 aliphatic rings. The average Bonchev–Trinajstić information content (AvgIpc) is 3.30. The lowest BCUT2D eigenvalue weighted by molar-refractivity contribution is -0.162. The van der Waals surface area contributed by atoms with E-state index in [9.17, 15) is 18.0 Å². The topological polar surface area (TPSA) is 112 Å². The van der Waals surface area contributed by atoms with Gasteiger partial charge in [-0.15, -0.1) is 0 Å². The summed E-state index contributed by atoms with van der Waals surface area (Å²) in [5, 5.41) is 3.20. The zero-order valence-electron chi connectivity index (χ0n) is 21.2. The molecule has 0 aliphatic carbocycles. The molecule has 0 spiro atoms. The van der Waals surface area contributed by atoms with Gasteiger partial charge in [0.15, 0.2) is 0 Å². The minimum atomic E-state index is -4.48.